The van der Waals surface area contributed by atoms with E-state index in [9.17, 15) is 29.1 Å². The Labute approximate surface area is 164 Å². The molecule has 0 saturated carbocycles. The highest BCUT2D eigenvalue weighted by atomic mass is 16.4. The number of aliphatic carboxylic acids is 1. The molecule has 0 spiro atoms. The van der Waals surface area contributed by atoms with Crippen LogP contribution in [0.3, 0.4) is 0 Å². The molecule has 5 unspecified atom stereocenters. The molecule has 5 atom stereocenters. The molecule has 0 aromatic rings. The van der Waals surface area contributed by atoms with Gasteiger partial charge in [-0.2, -0.15) is 0 Å². The number of hydrogen-bond acceptors (Lipinski definition) is 6. The molecular weight excluding hydrogens is 370 g/mol. The van der Waals surface area contributed by atoms with Crippen LogP contribution in [-0.4, -0.2) is 58.9 Å². The van der Waals surface area contributed by atoms with Crippen molar-refractivity contribution in [2.24, 2.45) is 17.4 Å². The highest BCUT2D eigenvalue weighted by Crippen LogP contribution is 2.08. The van der Waals surface area contributed by atoms with E-state index in [-0.39, 0.29) is 18.8 Å². The van der Waals surface area contributed by atoms with E-state index in [0.29, 0.717) is 6.42 Å². The van der Waals surface area contributed by atoms with E-state index in [4.69, 9.17) is 11.5 Å². The second-order valence-corrected chi connectivity index (χ2v) is 6.78. The average Bonchev–Trinajstić information content (AvgIpc) is 2.62. The number of amides is 4. The molecule has 0 aromatic carbocycles. The fourth-order valence-corrected chi connectivity index (χ4v) is 2.18. The van der Waals surface area contributed by atoms with Gasteiger partial charge in [-0.1, -0.05) is 20.3 Å². The van der Waals surface area contributed by atoms with Gasteiger partial charge in [0.25, 0.3) is 0 Å². The van der Waals surface area contributed by atoms with Gasteiger partial charge < -0.3 is 32.5 Å². The van der Waals surface area contributed by atoms with E-state index in [0.717, 1.165) is 0 Å². The molecule has 0 aliphatic heterocycles. The number of hydrogen-bond donors (Lipinski definition) is 6. The summed E-state index contributed by atoms with van der Waals surface area (Å²) in [5, 5.41) is 16.4. The minimum atomic E-state index is -1.16. The lowest BCUT2D eigenvalue weighted by Gasteiger charge is -2.23. The molecule has 0 heterocycles. The number of carbonyl (C=O) groups is 5. The van der Waals surface area contributed by atoms with Gasteiger partial charge in [-0.05, 0) is 26.2 Å². The maximum atomic E-state index is 12.2. The smallest absolute Gasteiger partial charge is 0.326 e. The zero-order valence-electron chi connectivity index (χ0n) is 16.7. The first kappa shape index (κ1) is 25.3. The van der Waals surface area contributed by atoms with Crippen LogP contribution >= 0.6 is 0 Å². The minimum absolute atomic E-state index is 0.0422. The van der Waals surface area contributed by atoms with Crippen molar-refractivity contribution in [1.29, 1.82) is 0 Å². The summed E-state index contributed by atoms with van der Waals surface area (Å²) in [5.41, 5.74) is 10.6. The molecule has 0 saturated heterocycles. The second kappa shape index (κ2) is 11.9. The third kappa shape index (κ3) is 8.80. The van der Waals surface area contributed by atoms with Crippen molar-refractivity contribution in [1.82, 2.24) is 16.0 Å². The lowest BCUT2D eigenvalue weighted by molar-refractivity contribution is -0.143. The van der Waals surface area contributed by atoms with E-state index >= 15 is 0 Å². The monoisotopic (exact) mass is 401 g/mol. The summed E-state index contributed by atoms with van der Waals surface area (Å²) in [4.78, 5) is 58.2. The molecule has 0 bridgehead atoms. The van der Waals surface area contributed by atoms with Crippen LogP contribution in [0.4, 0.5) is 0 Å². The Hall–Kier alpha value is -2.69. The summed E-state index contributed by atoms with van der Waals surface area (Å²) < 4.78 is 0. The van der Waals surface area contributed by atoms with Crippen LogP contribution in [0.5, 0.6) is 0 Å². The van der Waals surface area contributed by atoms with Gasteiger partial charge in [0.15, 0.2) is 0 Å². The van der Waals surface area contributed by atoms with Gasteiger partial charge in [0.2, 0.25) is 23.6 Å². The van der Waals surface area contributed by atoms with Crippen LogP contribution in [0.2, 0.25) is 0 Å². The van der Waals surface area contributed by atoms with Crippen molar-refractivity contribution >= 4 is 29.6 Å². The van der Waals surface area contributed by atoms with Crippen molar-refractivity contribution in [2.75, 3.05) is 0 Å². The van der Waals surface area contributed by atoms with Gasteiger partial charge in [-0.25, -0.2) is 4.79 Å². The molecule has 8 N–H and O–H groups in total. The number of carboxylic acid groups (broad SMARTS) is 1. The summed E-state index contributed by atoms with van der Waals surface area (Å²) in [6, 6.07) is -4.08. The molecular formula is C17H31N5O6. The Balaban J connectivity index is 4.66. The van der Waals surface area contributed by atoms with Crippen molar-refractivity contribution in [3.05, 3.63) is 0 Å². The van der Waals surface area contributed by atoms with Crippen LogP contribution in [0.15, 0.2) is 0 Å². The average molecular weight is 401 g/mol. The maximum absolute atomic E-state index is 12.2. The summed E-state index contributed by atoms with van der Waals surface area (Å²) >= 11 is 0. The number of carboxylic acids is 1. The number of carbonyl (C=O) groups excluding carboxylic acids is 4. The molecule has 28 heavy (non-hydrogen) atoms. The largest absolute Gasteiger partial charge is 0.480 e. The van der Waals surface area contributed by atoms with Crippen molar-refractivity contribution in [2.45, 2.75) is 71.1 Å². The quantitative estimate of drug-likeness (QED) is 0.222. The Morgan fingerprint density at radius 3 is 1.79 bits per heavy atom. The molecule has 11 nitrogen and oxygen atoms in total. The van der Waals surface area contributed by atoms with Gasteiger partial charge in [0.1, 0.15) is 18.1 Å². The van der Waals surface area contributed by atoms with E-state index in [1.807, 2.05) is 0 Å². The normalized spacial score (nSPS) is 16.0. The Kier molecular flexibility index (Phi) is 10.8. The summed E-state index contributed by atoms with van der Waals surface area (Å²) in [7, 11) is 0. The number of rotatable bonds is 12. The van der Waals surface area contributed by atoms with Crippen molar-refractivity contribution in [3.8, 4) is 0 Å². The Morgan fingerprint density at radius 1 is 0.893 bits per heavy atom. The summed E-state index contributed by atoms with van der Waals surface area (Å²) in [5.74, 6) is -3.97. The lowest BCUT2D eigenvalue weighted by Crippen LogP contribution is -2.56. The van der Waals surface area contributed by atoms with Gasteiger partial charge >= 0.3 is 5.97 Å². The van der Waals surface area contributed by atoms with Crippen molar-refractivity contribution < 1.29 is 29.1 Å². The molecule has 0 rings (SSSR count). The first-order valence-corrected chi connectivity index (χ1v) is 9.08. The highest BCUT2D eigenvalue weighted by Gasteiger charge is 2.29. The molecule has 0 aromatic heterocycles. The molecule has 0 radical (unpaired) electrons. The lowest BCUT2D eigenvalue weighted by atomic mass is 9.99. The zero-order valence-corrected chi connectivity index (χ0v) is 16.7. The molecule has 4 amide bonds. The SMILES string of the molecule is CCC(C)C(NC(=O)C(C)NC(=O)C(C)NC(=O)C(N)CCC(N)=O)C(=O)O. The van der Waals surface area contributed by atoms with Gasteiger partial charge in [-0.3, -0.25) is 19.2 Å². The van der Waals surface area contributed by atoms with Crippen LogP contribution in [-0.2, 0) is 24.0 Å². The number of nitrogens with two attached hydrogens (primary N) is 2. The maximum Gasteiger partial charge on any atom is 0.326 e. The van der Waals surface area contributed by atoms with Gasteiger partial charge in [-0.15, -0.1) is 0 Å². The van der Waals surface area contributed by atoms with E-state index in [2.05, 4.69) is 16.0 Å². The van der Waals surface area contributed by atoms with Crippen molar-refractivity contribution in [3.63, 3.8) is 0 Å². The predicted octanol–water partition coefficient (Wildman–Crippen LogP) is -1.80. The Morgan fingerprint density at radius 2 is 1.36 bits per heavy atom. The number of nitrogens with one attached hydrogen (secondary N) is 3. The van der Waals surface area contributed by atoms with Crippen LogP contribution in [0, 0.1) is 5.92 Å². The summed E-state index contributed by atoms with van der Waals surface area (Å²) in [6.07, 6.45) is 0.533. The fraction of sp³-hybridized carbons (Fsp3) is 0.706. The van der Waals surface area contributed by atoms with Crippen LogP contribution in [0.25, 0.3) is 0 Å². The van der Waals surface area contributed by atoms with Crippen LogP contribution < -0.4 is 27.4 Å². The molecule has 11 heteroatoms. The third-order valence-corrected chi connectivity index (χ3v) is 4.32. The fourth-order valence-electron chi connectivity index (χ4n) is 2.18. The standard InChI is InChI=1S/C17H31N5O6/c1-5-8(2)13(17(27)28)22-15(25)10(4)20-14(24)9(3)21-16(26)11(18)6-7-12(19)23/h8-11,13H,5-7,18H2,1-4H3,(H2,19,23)(H,20,24)(H,21,26)(H,22,25)(H,27,28). The Bertz CT molecular complexity index is 597. The second-order valence-electron chi connectivity index (χ2n) is 6.78. The topological polar surface area (TPSA) is 194 Å². The minimum Gasteiger partial charge on any atom is -0.480 e. The van der Waals surface area contributed by atoms with E-state index in [1.165, 1.54) is 13.8 Å². The molecule has 160 valence electrons. The number of primary amides is 1. The summed E-state index contributed by atoms with van der Waals surface area (Å²) in [6.45, 7) is 6.30. The van der Waals surface area contributed by atoms with E-state index in [1.54, 1.807) is 13.8 Å². The molecule has 0 aliphatic rings. The van der Waals surface area contributed by atoms with Crippen LogP contribution in [0.1, 0.15) is 47.0 Å². The van der Waals surface area contributed by atoms with Gasteiger partial charge in [0, 0.05) is 6.42 Å². The zero-order chi connectivity index (χ0) is 22.0. The first-order chi connectivity index (χ1) is 12.9. The first-order valence-electron chi connectivity index (χ1n) is 9.08. The third-order valence-electron chi connectivity index (χ3n) is 4.32. The molecule has 0 aliphatic carbocycles. The van der Waals surface area contributed by atoms with Gasteiger partial charge in [0.05, 0.1) is 6.04 Å². The predicted molar refractivity (Wildman–Crippen MR) is 101 cm³/mol. The highest BCUT2D eigenvalue weighted by molar-refractivity contribution is 5.93. The van der Waals surface area contributed by atoms with E-state index < -0.39 is 53.8 Å². The molecule has 0 fully saturated rings.